The third-order valence-electron chi connectivity index (χ3n) is 5.03. The van der Waals surface area contributed by atoms with Crippen molar-refractivity contribution in [3.63, 3.8) is 0 Å². The Labute approximate surface area is 172 Å². The van der Waals surface area contributed by atoms with Gasteiger partial charge in [-0.15, -0.1) is 11.8 Å². The summed E-state index contributed by atoms with van der Waals surface area (Å²) >= 11 is 1.92. The van der Waals surface area contributed by atoms with Gasteiger partial charge < -0.3 is 4.74 Å². The number of hydrogen-bond donors (Lipinski definition) is 0. The maximum Gasteiger partial charge on any atom is 0.338 e. The van der Waals surface area contributed by atoms with Gasteiger partial charge in [0, 0.05) is 4.91 Å². The van der Waals surface area contributed by atoms with Crippen LogP contribution in [0.4, 0.5) is 0 Å². The molecule has 0 radical (unpaired) electrons. The summed E-state index contributed by atoms with van der Waals surface area (Å²) < 4.78 is 5.03. The van der Waals surface area contributed by atoms with Crippen LogP contribution in [-0.2, 0) is 10.2 Å². The summed E-state index contributed by atoms with van der Waals surface area (Å²) in [7, 11) is 0. The number of esters is 1. The fourth-order valence-electron chi connectivity index (χ4n) is 3.46. The van der Waals surface area contributed by atoms with Crippen molar-refractivity contribution in [2.24, 2.45) is 0 Å². The molecule has 0 bridgehead atoms. The Balaban J connectivity index is 1.83. The van der Waals surface area contributed by atoms with Crippen molar-refractivity contribution in [3.05, 3.63) is 76.4 Å². The second-order valence-corrected chi connectivity index (χ2v) is 8.88. The second kappa shape index (κ2) is 8.83. The zero-order chi connectivity index (χ0) is 20.1. The standard InChI is InChI=1S/C25H28O2S/c1-5-27-24(26)20-12-9-18(10-13-20)7-8-19-11-14-22-21(17-19)23(28-6-2)15-16-25(22,3)4/h7-15,17H,5-6,16H2,1-4H3. The van der Waals surface area contributed by atoms with Crippen LogP contribution in [0.1, 0.15) is 66.7 Å². The van der Waals surface area contributed by atoms with E-state index in [0.717, 1.165) is 17.7 Å². The van der Waals surface area contributed by atoms with E-state index in [1.165, 1.54) is 21.6 Å². The van der Waals surface area contributed by atoms with E-state index in [1.54, 1.807) is 0 Å². The molecule has 0 saturated heterocycles. The van der Waals surface area contributed by atoms with E-state index in [1.807, 2.05) is 43.0 Å². The highest BCUT2D eigenvalue weighted by Crippen LogP contribution is 2.43. The molecule has 1 aliphatic carbocycles. The van der Waals surface area contributed by atoms with Crippen LogP contribution in [0.3, 0.4) is 0 Å². The number of hydrogen-bond acceptors (Lipinski definition) is 3. The smallest absolute Gasteiger partial charge is 0.338 e. The highest BCUT2D eigenvalue weighted by atomic mass is 32.2. The molecule has 0 saturated carbocycles. The normalized spacial score (nSPS) is 15.2. The quantitative estimate of drug-likeness (QED) is 0.399. The molecule has 0 amide bonds. The first-order valence-corrected chi connectivity index (χ1v) is 10.9. The first kappa shape index (κ1) is 20.5. The molecule has 0 aromatic heterocycles. The highest BCUT2D eigenvalue weighted by molar-refractivity contribution is 8.08. The van der Waals surface area contributed by atoms with Gasteiger partial charge in [0.15, 0.2) is 0 Å². The van der Waals surface area contributed by atoms with Crippen LogP contribution in [0, 0.1) is 0 Å². The van der Waals surface area contributed by atoms with E-state index in [9.17, 15) is 4.79 Å². The van der Waals surface area contributed by atoms with E-state index >= 15 is 0 Å². The van der Waals surface area contributed by atoms with Gasteiger partial charge in [-0.1, -0.05) is 63.3 Å². The predicted molar refractivity (Wildman–Crippen MR) is 122 cm³/mol. The fraction of sp³-hybridized carbons (Fsp3) is 0.320. The molecule has 28 heavy (non-hydrogen) atoms. The molecule has 0 atom stereocenters. The maximum atomic E-state index is 11.8. The topological polar surface area (TPSA) is 26.3 Å². The molecule has 146 valence electrons. The van der Waals surface area contributed by atoms with Crippen LogP contribution in [-0.4, -0.2) is 18.3 Å². The van der Waals surface area contributed by atoms with Gasteiger partial charge in [0.25, 0.3) is 0 Å². The zero-order valence-electron chi connectivity index (χ0n) is 17.1. The second-order valence-electron chi connectivity index (χ2n) is 7.57. The molecular weight excluding hydrogens is 364 g/mol. The molecule has 2 nitrogen and oxygen atoms in total. The van der Waals surface area contributed by atoms with E-state index in [4.69, 9.17) is 4.74 Å². The summed E-state index contributed by atoms with van der Waals surface area (Å²) in [6.45, 7) is 9.04. The van der Waals surface area contributed by atoms with E-state index in [-0.39, 0.29) is 11.4 Å². The van der Waals surface area contributed by atoms with Gasteiger partial charge in [0.05, 0.1) is 12.2 Å². The average molecular weight is 393 g/mol. The van der Waals surface area contributed by atoms with Crippen molar-refractivity contribution in [2.45, 2.75) is 39.5 Å². The molecule has 0 unspecified atom stereocenters. The Morgan fingerprint density at radius 2 is 1.75 bits per heavy atom. The molecule has 2 aromatic carbocycles. The Morgan fingerprint density at radius 3 is 2.43 bits per heavy atom. The number of carbonyl (C=O) groups excluding carboxylic acids is 1. The third-order valence-corrected chi connectivity index (χ3v) is 6.01. The monoisotopic (exact) mass is 392 g/mol. The Kier molecular flexibility index (Phi) is 6.46. The zero-order valence-corrected chi connectivity index (χ0v) is 17.9. The van der Waals surface area contributed by atoms with Crippen LogP contribution in [0.5, 0.6) is 0 Å². The number of benzene rings is 2. The van der Waals surface area contributed by atoms with Crippen molar-refractivity contribution in [1.29, 1.82) is 0 Å². The van der Waals surface area contributed by atoms with Gasteiger partial charge >= 0.3 is 5.97 Å². The number of thioether (sulfide) groups is 1. The Morgan fingerprint density at radius 1 is 1.07 bits per heavy atom. The molecule has 1 aliphatic rings. The molecule has 0 N–H and O–H groups in total. The van der Waals surface area contributed by atoms with Gasteiger partial charge in [-0.05, 0) is 65.0 Å². The van der Waals surface area contributed by atoms with Crippen molar-refractivity contribution in [3.8, 4) is 0 Å². The SMILES string of the molecule is CCOC(=O)c1ccc(C=Cc2ccc3c(c2)C(SCC)=CCC3(C)C)cc1. The molecule has 0 fully saturated rings. The molecule has 0 heterocycles. The lowest BCUT2D eigenvalue weighted by Crippen LogP contribution is -2.21. The summed E-state index contributed by atoms with van der Waals surface area (Å²) in [6.07, 6.45) is 7.69. The first-order chi connectivity index (χ1) is 13.4. The Bertz CT molecular complexity index is 905. The maximum absolute atomic E-state index is 11.8. The molecule has 3 heteroatoms. The van der Waals surface area contributed by atoms with Crippen LogP contribution in [0.25, 0.3) is 17.1 Å². The lowest BCUT2D eigenvalue weighted by molar-refractivity contribution is 0.0526. The summed E-state index contributed by atoms with van der Waals surface area (Å²) in [5.74, 6) is 0.807. The number of fused-ring (bicyclic) bond motifs is 1. The Hall–Kier alpha value is -2.26. The minimum atomic E-state index is -0.275. The minimum absolute atomic E-state index is 0.179. The summed E-state index contributed by atoms with van der Waals surface area (Å²) in [5, 5.41) is 0. The summed E-state index contributed by atoms with van der Waals surface area (Å²) in [4.78, 5) is 13.2. The van der Waals surface area contributed by atoms with Gasteiger partial charge in [-0.3, -0.25) is 0 Å². The van der Waals surface area contributed by atoms with Crippen molar-refractivity contribution >= 4 is 34.8 Å². The molecule has 2 aromatic rings. The molecule has 0 spiro atoms. The summed E-state index contributed by atoms with van der Waals surface area (Å²) in [5.41, 5.74) is 5.81. The van der Waals surface area contributed by atoms with Gasteiger partial charge in [-0.25, -0.2) is 4.79 Å². The number of carbonyl (C=O) groups is 1. The van der Waals surface area contributed by atoms with Gasteiger partial charge in [0.2, 0.25) is 0 Å². The third kappa shape index (κ3) is 4.59. The van der Waals surface area contributed by atoms with E-state index in [2.05, 4.69) is 57.2 Å². The number of allylic oxidation sites excluding steroid dienone is 1. The molecule has 0 aliphatic heterocycles. The van der Waals surface area contributed by atoms with Crippen LogP contribution in [0.15, 0.2) is 48.5 Å². The lowest BCUT2D eigenvalue weighted by Gasteiger charge is -2.32. The predicted octanol–water partition coefficient (Wildman–Crippen LogP) is 6.81. The molecule has 3 rings (SSSR count). The van der Waals surface area contributed by atoms with Gasteiger partial charge in [-0.2, -0.15) is 0 Å². The summed E-state index contributed by atoms with van der Waals surface area (Å²) in [6, 6.07) is 14.3. The largest absolute Gasteiger partial charge is 0.462 e. The average Bonchev–Trinajstić information content (AvgIpc) is 2.69. The fourth-order valence-corrected chi connectivity index (χ4v) is 4.29. The van der Waals surface area contributed by atoms with E-state index < -0.39 is 0 Å². The number of ether oxygens (including phenoxy) is 1. The van der Waals surface area contributed by atoms with Crippen LogP contribution >= 0.6 is 11.8 Å². The van der Waals surface area contributed by atoms with Crippen LogP contribution < -0.4 is 0 Å². The molecular formula is C25H28O2S. The highest BCUT2D eigenvalue weighted by Gasteiger charge is 2.27. The number of rotatable bonds is 6. The van der Waals surface area contributed by atoms with Crippen LogP contribution in [0.2, 0.25) is 0 Å². The first-order valence-electron chi connectivity index (χ1n) is 9.87. The van der Waals surface area contributed by atoms with Gasteiger partial charge in [0.1, 0.15) is 0 Å². The van der Waals surface area contributed by atoms with E-state index in [0.29, 0.717) is 12.2 Å². The minimum Gasteiger partial charge on any atom is -0.462 e. The lowest BCUT2D eigenvalue weighted by atomic mass is 9.75. The van der Waals surface area contributed by atoms with Crippen molar-refractivity contribution in [2.75, 3.05) is 12.4 Å². The van der Waals surface area contributed by atoms with Crippen molar-refractivity contribution < 1.29 is 9.53 Å². The van der Waals surface area contributed by atoms with Crippen molar-refractivity contribution in [1.82, 2.24) is 0 Å².